The van der Waals surface area contributed by atoms with Gasteiger partial charge in [0, 0.05) is 10.0 Å². The number of aryl methyl sites for hydroxylation is 1. The Labute approximate surface area is 224 Å². The fraction of sp³-hybridized carbons (Fsp3) is 0.231. The second-order valence-corrected chi connectivity index (χ2v) is 10.1. The van der Waals surface area contributed by atoms with Crippen molar-refractivity contribution in [2.75, 3.05) is 24.7 Å². The lowest BCUT2D eigenvalue weighted by atomic mass is 9.95. The van der Waals surface area contributed by atoms with Gasteiger partial charge in [0.25, 0.3) is 5.78 Å². The Hall–Kier alpha value is -3.70. The number of carbonyl (C=O) groups excluding carboxylic acids is 3. The number of hydrogen-bond donors (Lipinski definition) is 1. The molecule has 3 aromatic rings. The lowest BCUT2D eigenvalue weighted by Crippen LogP contribution is -2.29. The number of amides is 1. The van der Waals surface area contributed by atoms with E-state index >= 15 is 0 Å². The number of ether oxygens (including phenoxy) is 3. The molecule has 1 atom stereocenters. The van der Waals surface area contributed by atoms with Gasteiger partial charge in [-0.1, -0.05) is 39.4 Å². The molecule has 2 aliphatic heterocycles. The third-order valence-electron chi connectivity index (χ3n) is 5.88. The molecule has 5 rings (SSSR count). The Morgan fingerprint density at radius 3 is 2.68 bits per heavy atom. The number of hydrogen-bond acceptors (Lipinski definition) is 9. The molecule has 1 N–H and O–H groups in total. The van der Waals surface area contributed by atoms with Gasteiger partial charge >= 0.3 is 11.9 Å². The summed E-state index contributed by atoms with van der Waals surface area (Å²) in [5.41, 5.74) is 1.13. The van der Waals surface area contributed by atoms with Crippen LogP contribution in [0.25, 0.3) is 5.76 Å². The van der Waals surface area contributed by atoms with Crippen LogP contribution in [0, 0.1) is 6.92 Å². The summed E-state index contributed by atoms with van der Waals surface area (Å²) >= 11 is 4.40. The molecule has 9 nitrogen and oxygen atoms in total. The monoisotopic (exact) mass is 584 g/mol. The first-order valence-electron chi connectivity index (χ1n) is 11.4. The Kier molecular flexibility index (Phi) is 6.74. The van der Waals surface area contributed by atoms with Crippen LogP contribution in [0.2, 0.25) is 0 Å². The normalized spacial score (nSPS) is 18.2. The number of carbonyl (C=O) groups is 3. The van der Waals surface area contributed by atoms with E-state index in [1.54, 1.807) is 50.2 Å². The van der Waals surface area contributed by atoms with Crippen LogP contribution in [0.5, 0.6) is 11.5 Å². The largest absolute Gasteiger partial charge is 0.507 e. The maximum Gasteiger partial charge on any atom is 0.350 e. The number of fused-ring (bicyclic) bond motifs is 1. The highest BCUT2D eigenvalue weighted by molar-refractivity contribution is 9.10. The van der Waals surface area contributed by atoms with E-state index in [4.69, 9.17) is 14.2 Å². The summed E-state index contributed by atoms with van der Waals surface area (Å²) in [5.74, 6) is -1.71. The number of rotatable bonds is 5. The van der Waals surface area contributed by atoms with Gasteiger partial charge in [0.05, 0.1) is 23.9 Å². The minimum absolute atomic E-state index is 0.106. The number of ketones is 1. The molecule has 1 saturated heterocycles. The van der Waals surface area contributed by atoms with Crippen molar-refractivity contribution in [3.8, 4) is 11.5 Å². The predicted molar refractivity (Wildman–Crippen MR) is 139 cm³/mol. The molecule has 0 spiro atoms. The number of Topliss-reactive ketones (excluding diaryl/α,β-unsaturated/α-hetero) is 1. The second kappa shape index (κ2) is 9.98. The number of thiazole rings is 1. The number of aliphatic hydroxyl groups excluding tert-OH is 1. The minimum atomic E-state index is -0.994. The average molecular weight is 585 g/mol. The van der Waals surface area contributed by atoms with Crippen LogP contribution in [-0.2, 0) is 14.3 Å². The highest BCUT2D eigenvalue weighted by atomic mass is 79.9. The Balaban J connectivity index is 1.67. The van der Waals surface area contributed by atoms with E-state index in [0.29, 0.717) is 41.5 Å². The SMILES string of the molecule is CCOC(=O)c1sc(N2C(=O)C(=O)/C(=C(/O)c3ccc4c(c3)OCCO4)C2c2cccc(Br)c2)nc1C. The van der Waals surface area contributed by atoms with Gasteiger partial charge in [0.15, 0.2) is 16.6 Å². The Morgan fingerprint density at radius 2 is 1.95 bits per heavy atom. The number of nitrogens with zero attached hydrogens (tertiary/aromatic N) is 2. The van der Waals surface area contributed by atoms with Crippen molar-refractivity contribution in [3.05, 3.63) is 74.2 Å². The molecular weight excluding hydrogens is 564 g/mol. The average Bonchev–Trinajstić information content (AvgIpc) is 3.40. The number of aliphatic hydroxyl groups is 1. The number of esters is 1. The molecule has 2 aromatic carbocycles. The van der Waals surface area contributed by atoms with E-state index in [1.165, 1.54) is 4.90 Å². The molecule has 37 heavy (non-hydrogen) atoms. The van der Waals surface area contributed by atoms with Gasteiger partial charge in [0.2, 0.25) is 0 Å². The van der Waals surface area contributed by atoms with E-state index in [0.717, 1.165) is 15.8 Å². The summed E-state index contributed by atoms with van der Waals surface area (Å²) in [7, 11) is 0. The fourth-order valence-electron chi connectivity index (χ4n) is 4.24. The van der Waals surface area contributed by atoms with Crippen molar-refractivity contribution in [1.29, 1.82) is 0 Å². The van der Waals surface area contributed by atoms with Crippen molar-refractivity contribution in [1.82, 2.24) is 4.98 Å². The van der Waals surface area contributed by atoms with Crippen LogP contribution >= 0.6 is 27.3 Å². The van der Waals surface area contributed by atoms with Crippen molar-refractivity contribution < 1.29 is 33.7 Å². The lowest BCUT2D eigenvalue weighted by Gasteiger charge is -2.23. The van der Waals surface area contributed by atoms with Gasteiger partial charge in [-0.05, 0) is 49.7 Å². The molecule has 1 aromatic heterocycles. The van der Waals surface area contributed by atoms with E-state index in [9.17, 15) is 19.5 Å². The second-order valence-electron chi connectivity index (χ2n) is 8.21. The first-order valence-corrected chi connectivity index (χ1v) is 13.0. The smallest absolute Gasteiger partial charge is 0.350 e. The standard InChI is InChI=1S/C26H21BrN2O7S/c1-3-34-25(33)23-13(2)28-26(37-23)29-20(14-5-4-6-16(27)11-14)19(22(31)24(29)32)21(30)15-7-8-17-18(12-15)36-10-9-35-17/h4-8,11-12,20,30H,3,9-10H2,1-2H3/b21-19+. The molecule has 1 unspecified atom stereocenters. The van der Waals surface area contributed by atoms with Crippen molar-refractivity contribution >= 4 is 55.8 Å². The Bertz CT molecular complexity index is 1460. The highest BCUT2D eigenvalue weighted by Gasteiger charge is 2.48. The highest BCUT2D eigenvalue weighted by Crippen LogP contribution is 2.45. The van der Waals surface area contributed by atoms with Crippen molar-refractivity contribution in [2.45, 2.75) is 19.9 Å². The summed E-state index contributed by atoms with van der Waals surface area (Å²) in [6.07, 6.45) is 0. The van der Waals surface area contributed by atoms with Gasteiger partial charge < -0.3 is 19.3 Å². The predicted octanol–water partition coefficient (Wildman–Crippen LogP) is 4.79. The zero-order valence-corrected chi connectivity index (χ0v) is 22.2. The molecular formula is C26H21BrN2O7S. The maximum atomic E-state index is 13.4. The molecule has 2 aliphatic rings. The summed E-state index contributed by atoms with van der Waals surface area (Å²) in [5, 5.41) is 11.5. The molecule has 0 saturated carbocycles. The zero-order valence-electron chi connectivity index (χ0n) is 19.8. The van der Waals surface area contributed by atoms with Crippen LogP contribution in [0.1, 0.15) is 39.5 Å². The number of anilines is 1. The first-order chi connectivity index (χ1) is 17.8. The molecule has 1 amide bonds. The summed E-state index contributed by atoms with van der Waals surface area (Å²) in [6, 6.07) is 10.9. The van der Waals surface area contributed by atoms with Crippen LogP contribution in [0.15, 0.2) is 52.5 Å². The van der Waals surface area contributed by atoms with Crippen LogP contribution in [0.4, 0.5) is 5.13 Å². The molecule has 0 radical (unpaired) electrons. The van der Waals surface area contributed by atoms with Crippen LogP contribution in [0.3, 0.4) is 0 Å². The van der Waals surface area contributed by atoms with Crippen molar-refractivity contribution in [3.63, 3.8) is 0 Å². The zero-order chi connectivity index (χ0) is 26.3. The van der Waals surface area contributed by atoms with Crippen LogP contribution in [-0.4, -0.2) is 47.6 Å². The summed E-state index contributed by atoms with van der Waals surface area (Å²) in [4.78, 5) is 45.1. The number of halogens is 1. The third-order valence-corrected chi connectivity index (χ3v) is 7.51. The molecule has 1 fully saturated rings. The van der Waals surface area contributed by atoms with Gasteiger partial charge in [-0.25, -0.2) is 9.78 Å². The summed E-state index contributed by atoms with van der Waals surface area (Å²) < 4.78 is 17.0. The third kappa shape index (κ3) is 4.49. The maximum absolute atomic E-state index is 13.4. The van der Waals surface area contributed by atoms with Gasteiger partial charge in [0.1, 0.15) is 23.9 Å². The van der Waals surface area contributed by atoms with E-state index in [2.05, 4.69) is 20.9 Å². The van der Waals surface area contributed by atoms with E-state index in [-0.39, 0.29) is 27.9 Å². The van der Waals surface area contributed by atoms with Crippen LogP contribution < -0.4 is 14.4 Å². The molecule has 0 bridgehead atoms. The quantitative estimate of drug-likeness (QED) is 0.197. The lowest BCUT2D eigenvalue weighted by molar-refractivity contribution is -0.132. The fourth-order valence-corrected chi connectivity index (χ4v) is 5.64. The topological polar surface area (TPSA) is 115 Å². The van der Waals surface area contributed by atoms with Gasteiger partial charge in [-0.15, -0.1) is 0 Å². The Morgan fingerprint density at radius 1 is 1.19 bits per heavy atom. The van der Waals surface area contributed by atoms with Gasteiger partial charge in [-0.3, -0.25) is 14.5 Å². The van der Waals surface area contributed by atoms with Crippen molar-refractivity contribution in [2.24, 2.45) is 0 Å². The first kappa shape index (κ1) is 25.0. The molecule has 190 valence electrons. The van der Waals surface area contributed by atoms with E-state index in [1.807, 2.05) is 6.07 Å². The molecule has 0 aliphatic carbocycles. The number of aromatic nitrogens is 1. The number of benzene rings is 2. The molecule has 3 heterocycles. The van der Waals surface area contributed by atoms with Gasteiger partial charge in [-0.2, -0.15) is 0 Å². The molecule has 11 heteroatoms. The minimum Gasteiger partial charge on any atom is -0.507 e. The summed E-state index contributed by atoms with van der Waals surface area (Å²) in [6.45, 7) is 4.27. The van der Waals surface area contributed by atoms with E-state index < -0.39 is 23.7 Å².